The van der Waals surface area contributed by atoms with Crippen LogP contribution in [-0.2, 0) is 9.47 Å². The lowest BCUT2D eigenvalue weighted by atomic mass is 10.1. The average Bonchev–Trinajstić information content (AvgIpc) is 2.63. The van der Waals surface area contributed by atoms with E-state index in [1.54, 1.807) is 7.11 Å². The molecule has 78 valence electrons. The van der Waals surface area contributed by atoms with Gasteiger partial charge in [0.2, 0.25) is 0 Å². The molecule has 0 aliphatic carbocycles. The molecule has 0 aromatic carbocycles. The summed E-state index contributed by atoms with van der Waals surface area (Å²) in [5, 5.41) is 3.33. The van der Waals surface area contributed by atoms with Gasteiger partial charge in [0, 0.05) is 26.9 Å². The molecule has 0 saturated carbocycles. The highest BCUT2D eigenvalue weighted by molar-refractivity contribution is 4.70. The SMILES string of the molecule is COCCCCOCC1CCNC1. The summed E-state index contributed by atoms with van der Waals surface area (Å²) in [5.74, 6) is 0.752. The quantitative estimate of drug-likeness (QED) is 0.604. The standard InChI is InChI=1S/C10H21NO2/c1-12-6-2-3-7-13-9-10-4-5-11-8-10/h10-11H,2-9H2,1H3. The van der Waals surface area contributed by atoms with Crippen molar-refractivity contribution < 1.29 is 9.47 Å². The predicted octanol–water partition coefficient (Wildman–Crippen LogP) is 1.04. The third-order valence-corrected chi connectivity index (χ3v) is 2.40. The molecule has 0 spiro atoms. The van der Waals surface area contributed by atoms with Crippen LogP contribution in [0.5, 0.6) is 0 Å². The number of rotatable bonds is 7. The Morgan fingerprint density at radius 3 is 2.85 bits per heavy atom. The van der Waals surface area contributed by atoms with Gasteiger partial charge in [0.25, 0.3) is 0 Å². The molecule has 3 nitrogen and oxygen atoms in total. The summed E-state index contributed by atoms with van der Waals surface area (Å²) in [6, 6.07) is 0. The van der Waals surface area contributed by atoms with Crippen molar-refractivity contribution in [1.82, 2.24) is 5.32 Å². The van der Waals surface area contributed by atoms with Gasteiger partial charge in [0.1, 0.15) is 0 Å². The van der Waals surface area contributed by atoms with Crippen LogP contribution in [0.4, 0.5) is 0 Å². The highest BCUT2D eigenvalue weighted by Crippen LogP contribution is 2.07. The van der Waals surface area contributed by atoms with E-state index in [1.165, 1.54) is 6.42 Å². The number of nitrogens with one attached hydrogen (secondary N) is 1. The minimum absolute atomic E-state index is 0.752. The van der Waals surface area contributed by atoms with Crippen LogP contribution in [0.15, 0.2) is 0 Å². The fourth-order valence-corrected chi connectivity index (χ4v) is 1.56. The smallest absolute Gasteiger partial charge is 0.0506 e. The van der Waals surface area contributed by atoms with E-state index in [1.807, 2.05) is 0 Å². The Balaban J connectivity index is 1.78. The van der Waals surface area contributed by atoms with Gasteiger partial charge in [-0.05, 0) is 31.7 Å². The maximum absolute atomic E-state index is 5.57. The summed E-state index contributed by atoms with van der Waals surface area (Å²) in [4.78, 5) is 0. The highest BCUT2D eigenvalue weighted by atomic mass is 16.5. The number of hydrogen-bond donors (Lipinski definition) is 1. The monoisotopic (exact) mass is 187 g/mol. The Morgan fingerprint density at radius 1 is 1.31 bits per heavy atom. The Labute approximate surface area is 80.8 Å². The molecule has 3 heteroatoms. The molecular formula is C10H21NO2. The van der Waals surface area contributed by atoms with Gasteiger partial charge in [0.15, 0.2) is 0 Å². The molecule has 1 rings (SSSR count). The average molecular weight is 187 g/mol. The van der Waals surface area contributed by atoms with Crippen LogP contribution in [0.1, 0.15) is 19.3 Å². The van der Waals surface area contributed by atoms with Crippen LogP contribution in [0, 0.1) is 5.92 Å². The fourth-order valence-electron chi connectivity index (χ4n) is 1.56. The molecule has 0 aromatic heterocycles. The summed E-state index contributed by atoms with van der Waals surface area (Å²) in [6.45, 7) is 4.98. The fraction of sp³-hybridized carbons (Fsp3) is 1.00. The lowest BCUT2D eigenvalue weighted by molar-refractivity contribution is 0.0950. The number of ether oxygens (including phenoxy) is 2. The molecular weight excluding hydrogens is 166 g/mol. The second kappa shape index (κ2) is 7.30. The van der Waals surface area contributed by atoms with Gasteiger partial charge in [-0.2, -0.15) is 0 Å². The van der Waals surface area contributed by atoms with Crippen molar-refractivity contribution in [3.8, 4) is 0 Å². The first-order chi connectivity index (χ1) is 6.43. The Hall–Kier alpha value is -0.120. The zero-order valence-electron chi connectivity index (χ0n) is 8.55. The van der Waals surface area contributed by atoms with E-state index >= 15 is 0 Å². The Bertz CT molecular complexity index is 113. The molecule has 0 radical (unpaired) electrons. The van der Waals surface area contributed by atoms with Crippen molar-refractivity contribution in [1.29, 1.82) is 0 Å². The molecule has 1 saturated heterocycles. The van der Waals surface area contributed by atoms with Gasteiger partial charge in [-0.1, -0.05) is 0 Å². The zero-order valence-corrected chi connectivity index (χ0v) is 8.55. The van der Waals surface area contributed by atoms with Crippen molar-refractivity contribution in [3.63, 3.8) is 0 Å². The van der Waals surface area contributed by atoms with E-state index in [4.69, 9.17) is 9.47 Å². The Kier molecular flexibility index (Phi) is 6.15. The van der Waals surface area contributed by atoms with Crippen LogP contribution in [0.25, 0.3) is 0 Å². The van der Waals surface area contributed by atoms with Gasteiger partial charge < -0.3 is 14.8 Å². The van der Waals surface area contributed by atoms with Gasteiger partial charge in [-0.25, -0.2) is 0 Å². The van der Waals surface area contributed by atoms with Gasteiger partial charge in [-0.3, -0.25) is 0 Å². The first-order valence-electron chi connectivity index (χ1n) is 5.21. The maximum Gasteiger partial charge on any atom is 0.0506 e. The minimum atomic E-state index is 0.752. The van der Waals surface area contributed by atoms with Crippen LogP contribution in [0.2, 0.25) is 0 Å². The molecule has 1 aliphatic rings. The largest absolute Gasteiger partial charge is 0.385 e. The van der Waals surface area contributed by atoms with Crippen molar-refractivity contribution in [2.75, 3.05) is 40.0 Å². The third kappa shape index (κ3) is 5.24. The third-order valence-electron chi connectivity index (χ3n) is 2.40. The van der Waals surface area contributed by atoms with Crippen molar-refractivity contribution in [2.45, 2.75) is 19.3 Å². The summed E-state index contributed by atoms with van der Waals surface area (Å²) in [7, 11) is 1.74. The van der Waals surface area contributed by atoms with Crippen LogP contribution >= 0.6 is 0 Å². The highest BCUT2D eigenvalue weighted by Gasteiger charge is 2.13. The van der Waals surface area contributed by atoms with E-state index in [0.29, 0.717) is 0 Å². The molecule has 0 amide bonds. The first-order valence-corrected chi connectivity index (χ1v) is 5.21. The molecule has 1 aliphatic heterocycles. The molecule has 1 N–H and O–H groups in total. The van der Waals surface area contributed by atoms with Crippen LogP contribution < -0.4 is 5.32 Å². The lowest BCUT2D eigenvalue weighted by Crippen LogP contribution is -2.14. The number of unbranched alkanes of at least 4 members (excludes halogenated alkanes) is 1. The number of methoxy groups -OCH3 is 1. The molecule has 0 bridgehead atoms. The Morgan fingerprint density at radius 2 is 2.15 bits per heavy atom. The van der Waals surface area contributed by atoms with E-state index in [9.17, 15) is 0 Å². The molecule has 0 aromatic rings. The van der Waals surface area contributed by atoms with E-state index in [-0.39, 0.29) is 0 Å². The summed E-state index contributed by atoms with van der Waals surface area (Å²) in [6.07, 6.45) is 3.51. The predicted molar refractivity (Wildman–Crippen MR) is 52.9 cm³/mol. The molecule has 1 heterocycles. The topological polar surface area (TPSA) is 30.5 Å². The van der Waals surface area contributed by atoms with Gasteiger partial charge in [0.05, 0.1) is 6.61 Å². The first kappa shape index (κ1) is 11.0. The molecule has 1 unspecified atom stereocenters. The second-order valence-electron chi connectivity index (χ2n) is 3.63. The minimum Gasteiger partial charge on any atom is -0.385 e. The van der Waals surface area contributed by atoms with Crippen molar-refractivity contribution >= 4 is 0 Å². The summed E-state index contributed by atoms with van der Waals surface area (Å²) >= 11 is 0. The van der Waals surface area contributed by atoms with Crippen molar-refractivity contribution in [3.05, 3.63) is 0 Å². The van der Waals surface area contributed by atoms with E-state index in [2.05, 4.69) is 5.32 Å². The van der Waals surface area contributed by atoms with E-state index < -0.39 is 0 Å². The van der Waals surface area contributed by atoms with Crippen LogP contribution in [0.3, 0.4) is 0 Å². The molecule has 1 fully saturated rings. The van der Waals surface area contributed by atoms with Crippen molar-refractivity contribution in [2.24, 2.45) is 5.92 Å². The summed E-state index contributed by atoms with van der Waals surface area (Å²) in [5.41, 5.74) is 0. The lowest BCUT2D eigenvalue weighted by Gasteiger charge is -2.08. The van der Waals surface area contributed by atoms with Crippen LogP contribution in [-0.4, -0.2) is 40.0 Å². The number of hydrogen-bond acceptors (Lipinski definition) is 3. The van der Waals surface area contributed by atoms with Gasteiger partial charge >= 0.3 is 0 Å². The zero-order chi connectivity index (χ0) is 9.36. The molecule has 1 atom stereocenters. The van der Waals surface area contributed by atoms with Gasteiger partial charge in [-0.15, -0.1) is 0 Å². The molecule has 13 heavy (non-hydrogen) atoms. The van der Waals surface area contributed by atoms with E-state index in [0.717, 1.165) is 51.7 Å². The normalized spacial score (nSPS) is 22.4. The second-order valence-corrected chi connectivity index (χ2v) is 3.63. The maximum atomic E-state index is 5.57. The summed E-state index contributed by atoms with van der Waals surface area (Å²) < 4.78 is 10.5.